The van der Waals surface area contributed by atoms with Gasteiger partial charge in [-0.05, 0) is 12.1 Å². The molecule has 12 heavy (non-hydrogen) atoms. The average Bonchev–Trinajstić information content (AvgIpc) is 2.14. The molecule has 1 rings (SSSR count). The molecule has 0 atom stereocenters. The fraction of sp³-hybridized carbons (Fsp3) is 0.111. The van der Waals surface area contributed by atoms with Crippen molar-refractivity contribution in [3.05, 3.63) is 42.7 Å². The highest BCUT2D eigenvalue weighted by molar-refractivity contribution is 5.44. The fourth-order valence-corrected chi connectivity index (χ4v) is 0.768. The van der Waals surface area contributed by atoms with Gasteiger partial charge in [-0.3, -0.25) is 0 Å². The Labute approximate surface area is 71.8 Å². The van der Waals surface area contributed by atoms with Gasteiger partial charge in [-0.2, -0.15) is 10.2 Å². The largest absolute Gasteiger partial charge is 0.360 e. The molecule has 1 aromatic carbocycles. The Balaban J connectivity index is 2.43. The van der Waals surface area contributed by atoms with Gasteiger partial charge in [0.2, 0.25) is 0 Å². The van der Waals surface area contributed by atoms with E-state index in [1.54, 1.807) is 19.4 Å². The average molecular weight is 161 g/mol. The van der Waals surface area contributed by atoms with Crippen LogP contribution in [-0.4, -0.2) is 7.05 Å². The summed E-state index contributed by atoms with van der Waals surface area (Å²) >= 11 is 0. The van der Waals surface area contributed by atoms with Gasteiger partial charge < -0.3 is 5.32 Å². The van der Waals surface area contributed by atoms with Gasteiger partial charge in [0, 0.05) is 18.9 Å². The third kappa shape index (κ3) is 2.96. The van der Waals surface area contributed by atoms with E-state index in [9.17, 15) is 0 Å². The molecule has 0 saturated heterocycles. The van der Waals surface area contributed by atoms with Crippen LogP contribution in [0.3, 0.4) is 0 Å². The van der Waals surface area contributed by atoms with Crippen LogP contribution >= 0.6 is 0 Å². The van der Waals surface area contributed by atoms with E-state index >= 15 is 0 Å². The van der Waals surface area contributed by atoms with E-state index in [4.69, 9.17) is 0 Å². The van der Waals surface area contributed by atoms with Crippen LogP contribution in [0.4, 0.5) is 5.69 Å². The molecule has 1 aromatic rings. The van der Waals surface area contributed by atoms with Crippen molar-refractivity contribution >= 4 is 5.69 Å². The number of hydrogen-bond donors (Lipinski definition) is 1. The molecule has 3 heteroatoms. The van der Waals surface area contributed by atoms with Crippen LogP contribution in [0.2, 0.25) is 0 Å². The Bertz CT molecular complexity index is 264. The molecule has 0 aliphatic carbocycles. The minimum Gasteiger partial charge on any atom is -0.360 e. The van der Waals surface area contributed by atoms with Crippen LogP contribution in [0.5, 0.6) is 0 Å². The van der Waals surface area contributed by atoms with E-state index in [1.807, 2.05) is 30.3 Å². The normalized spacial score (nSPS) is 11.1. The lowest BCUT2D eigenvalue weighted by Crippen LogP contribution is -1.84. The number of rotatable bonds is 3. The zero-order valence-electron chi connectivity index (χ0n) is 6.94. The summed E-state index contributed by atoms with van der Waals surface area (Å²) in [7, 11) is 1.63. The number of azo groups is 1. The number of para-hydroxylation sites is 1. The van der Waals surface area contributed by atoms with Gasteiger partial charge in [0.25, 0.3) is 0 Å². The van der Waals surface area contributed by atoms with Crippen molar-refractivity contribution in [1.29, 1.82) is 0 Å². The van der Waals surface area contributed by atoms with Gasteiger partial charge in [-0.15, -0.1) is 0 Å². The van der Waals surface area contributed by atoms with Crippen LogP contribution < -0.4 is 5.32 Å². The standard InChI is InChI=1S/C9H11N3/c1-10-12-8-7-11-9-5-3-2-4-6-9/h2-8,11H,1H3/b8-7-,12-10-. The molecule has 0 bridgehead atoms. The maximum atomic E-state index is 3.67. The number of anilines is 1. The molecule has 0 aromatic heterocycles. The summed E-state index contributed by atoms with van der Waals surface area (Å²) in [5.74, 6) is 0. The summed E-state index contributed by atoms with van der Waals surface area (Å²) in [6.45, 7) is 0. The van der Waals surface area contributed by atoms with E-state index in [0.717, 1.165) is 5.69 Å². The highest BCUT2D eigenvalue weighted by atomic mass is 15.1. The van der Waals surface area contributed by atoms with Gasteiger partial charge in [0.05, 0.1) is 6.20 Å². The first-order chi connectivity index (χ1) is 5.93. The molecule has 0 spiro atoms. The predicted molar refractivity (Wildman–Crippen MR) is 50.0 cm³/mol. The smallest absolute Gasteiger partial charge is 0.0651 e. The lowest BCUT2D eigenvalue weighted by Gasteiger charge is -1.96. The highest BCUT2D eigenvalue weighted by Crippen LogP contribution is 2.03. The predicted octanol–water partition coefficient (Wildman–Crippen LogP) is 2.65. The molecule has 3 nitrogen and oxygen atoms in total. The van der Waals surface area contributed by atoms with Crippen LogP contribution in [0.1, 0.15) is 0 Å². The second-order valence-corrected chi connectivity index (χ2v) is 2.14. The maximum absolute atomic E-state index is 3.67. The molecular formula is C9H11N3. The molecule has 62 valence electrons. The maximum Gasteiger partial charge on any atom is 0.0651 e. The Morgan fingerprint density at radius 3 is 2.67 bits per heavy atom. The van der Waals surface area contributed by atoms with Crippen molar-refractivity contribution in [2.75, 3.05) is 12.4 Å². The van der Waals surface area contributed by atoms with Crippen LogP contribution in [-0.2, 0) is 0 Å². The summed E-state index contributed by atoms with van der Waals surface area (Å²) < 4.78 is 0. The fourth-order valence-electron chi connectivity index (χ4n) is 0.768. The molecule has 1 N–H and O–H groups in total. The van der Waals surface area contributed by atoms with Gasteiger partial charge in [0.15, 0.2) is 0 Å². The van der Waals surface area contributed by atoms with Gasteiger partial charge in [0.1, 0.15) is 0 Å². The molecule has 0 saturated carbocycles. The highest BCUT2D eigenvalue weighted by Gasteiger charge is 1.81. The Hall–Kier alpha value is -1.64. The minimum absolute atomic E-state index is 1.04. The second-order valence-electron chi connectivity index (χ2n) is 2.14. The molecule has 0 amide bonds. The third-order valence-electron chi connectivity index (χ3n) is 1.28. The van der Waals surface area contributed by atoms with Gasteiger partial charge in [-0.25, -0.2) is 0 Å². The minimum atomic E-state index is 1.04. The summed E-state index contributed by atoms with van der Waals surface area (Å²) in [6, 6.07) is 9.87. The lowest BCUT2D eigenvalue weighted by atomic mass is 10.3. The summed E-state index contributed by atoms with van der Waals surface area (Å²) in [6.07, 6.45) is 3.34. The van der Waals surface area contributed by atoms with Crippen LogP contribution in [0.25, 0.3) is 0 Å². The summed E-state index contributed by atoms with van der Waals surface area (Å²) in [5, 5.41) is 10.3. The Morgan fingerprint density at radius 1 is 1.25 bits per heavy atom. The van der Waals surface area contributed by atoms with Crippen LogP contribution in [0.15, 0.2) is 53.0 Å². The number of nitrogens with one attached hydrogen (secondary N) is 1. The van der Waals surface area contributed by atoms with Crippen molar-refractivity contribution in [3.8, 4) is 0 Å². The van der Waals surface area contributed by atoms with E-state index in [-0.39, 0.29) is 0 Å². The first-order valence-electron chi connectivity index (χ1n) is 3.69. The Morgan fingerprint density at radius 2 is 2.00 bits per heavy atom. The molecule has 0 radical (unpaired) electrons. The lowest BCUT2D eigenvalue weighted by molar-refractivity contribution is 1.16. The second kappa shape index (κ2) is 5.07. The van der Waals surface area contributed by atoms with Crippen molar-refractivity contribution in [2.24, 2.45) is 10.2 Å². The molecule has 0 aliphatic heterocycles. The van der Waals surface area contributed by atoms with Crippen molar-refractivity contribution in [1.82, 2.24) is 0 Å². The molecule has 0 unspecified atom stereocenters. The number of nitrogens with zero attached hydrogens (tertiary/aromatic N) is 2. The topological polar surface area (TPSA) is 36.8 Å². The third-order valence-corrected chi connectivity index (χ3v) is 1.28. The number of benzene rings is 1. The van der Waals surface area contributed by atoms with E-state index < -0.39 is 0 Å². The Kier molecular flexibility index (Phi) is 3.57. The van der Waals surface area contributed by atoms with Crippen molar-refractivity contribution in [3.63, 3.8) is 0 Å². The molecule has 0 aliphatic rings. The van der Waals surface area contributed by atoms with Gasteiger partial charge >= 0.3 is 0 Å². The van der Waals surface area contributed by atoms with Gasteiger partial charge in [-0.1, -0.05) is 18.2 Å². The zero-order valence-corrected chi connectivity index (χ0v) is 6.94. The molecular weight excluding hydrogens is 150 g/mol. The van der Waals surface area contributed by atoms with E-state index in [2.05, 4.69) is 15.5 Å². The first-order valence-corrected chi connectivity index (χ1v) is 3.69. The number of hydrogen-bond acceptors (Lipinski definition) is 3. The SMILES string of the molecule is C/N=N\C=C/Nc1ccccc1. The summed E-state index contributed by atoms with van der Waals surface area (Å²) in [4.78, 5) is 0. The molecule has 0 heterocycles. The summed E-state index contributed by atoms with van der Waals surface area (Å²) in [5.41, 5.74) is 1.04. The first kappa shape index (κ1) is 8.46. The molecule has 0 fully saturated rings. The van der Waals surface area contributed by atoms with E-state index in [1.165, 1.54) is 0 Å². The monoisotopic (exact) mass is 161 g/mol. The zero-order chi connectivity index (χ0) is 8.65. The van der Waals surface area contributed by atoms with Crippen LogP contribution in [0, 0.1) is 0 Å². The van der Waals surface area contributed by atoms with Crippen molar-refractivity contribution < 1.29 is 0 Å². The van der Waals surface area contributed by atoms with E-state index in [0.29, 0.717) is 0 Å². The quantitative estimate of drug-likeness (QED) is 0.680. The van der Waals surface area contributed by atoms with Crippen molar-refractivity contribution in [2.45, 2.75) is 0 Å².